The van der Waals surface area contributed by atoms with Crippen LogP contribution in [0.5, 0.6) is 0 Å². The molecule has 2 fully saturated rings. The number of hydrogen-bond donors (Lipinski definition) is 0. The van der Waals surface area contributed by atoms with Gasteiger partial charge in [0.2, 0.25) is 12.3 Å². The van der Waals surface area contributed by atoms with Gasteiger partial charge >= 0.3 is 0 Å². The summed E-state index contributed by atoms with van der Waals surface area (Å²) in [6.45, 7) is 3.24. The maximum absolute atomic E-state index is 12.0. The number of amides is 2. The van der Waals surface area contributed by atoms with Crippen molar-refractivity contribution in [3.8, 4) is 0 Å². The molecule has 18 heavy (non-hydrogen) atoms. The van der Waals surface area contributed by atoms with Crippen LogP contribution in [0.1, 0.15) is 5.56 Å². The summed E-state index contributed by atoms with van der Waals surface area (Å²) in [7, 11) is 0. The van der Waals surface area contributed by atoms with E-state index in [9.17, 15) is 9.59 Å². The predicted molar refractivity (Wildman–Crippen MR) is 66.8 cm³/mol. The molecule has 0 aliphatic carbocycles. The Labute approximate surface area is 106 Å². The molecule has 0 radical (unpaired) electrons. The molecule has 2 heterocycles. The van der Waals surface area contributed by atoms with Gasteiger partial charge in [0.15, 0.2) is 0 Å². The Bertz CT molecular complexity index is 458. The van der Waals surface area contributed by atoms with E-state index < -0.39 is 0 Å². The van der Waals surface area contributed by atoms with Gasteiger partial charge in [-0.1, -0.05) is 30.3 Å². The molecular weight excluding hydrogens is 228 g/mol. The molecule has 0 bridgehead atoms. The summed E-state index contributed by atoms with van der Waals surface area (Å²) in [6, 6.07) is 9.81. The minimum atomic E-state index is 0.191. The Morgan fingerprint density at radius 1 is 1.17 bits per heavy atom. The fourth-order valence-corrected chi connectivity index (χ4v) is 2.91. The zero-order chi connectivity index (χ0) is 12.6. The smallest absolute Gasteiger partial charge is 0.227 e. The molecule has 0 saturated carbocycles. The van der Waals surface area contributed by atoms with Crippen LogP contribution >= 0.6 is 0 Å². The van der Waals surface area contributed by atoms with Crippen LogP contribution in [-0.4, -0.2) is 48.3 Å². The van der Waals surface area contributed by atoms with Crippen molar-refractivity contribution < 1.29 is 9.59 Å². The Morgan fingerprint density at radius 3 is 2.44 bits per heavy atom. The number of hydrogen-bond acceptors (Lipinski definition) is 2. The second-order valence-electron chi connectivity index (χ2n) is 5.42. The molecule has 2 aliphatic rings. The maximum atomic E-state index is 12.0. The summed E-state index contributed by atoms with van der Waals surface area (Å²) in [4.78, 5) is 26.2. The second-order valence-corrected chi connectivity index (χ2v) is 5.42. The highest BCUT2D eigenvalue weighted by Crippen LogP contribution is 2.38. The van der Waals surface area contributed by atoms with Crippen LogP contribution in [0, 0.1) is 5.41 Å². The quantitative estimate of drug-likeness (QED) is 0.728. The highest BCUT2D eigenvalue weighted by atomic mass is 16.2. The Balaban J connectivity index is 1.50. The number of benzene rings is 1. The van der Waals surface area contributed by atoms with E-state index in [-0.39, 0.29) is 11.3 Å². The molecule has 1 spiro atoms. The first-order valence-corrected chi connectivity index (χ1v) is 6.22. The minimum Gasteiger partial charge on any atom is -0.344 e. The van der Waals surface area contributed by atoms with Crippen LogP contribution in [0.4, 0.5) is 0 Å². The maximum Gasteiger partial charge on any atom is 0.227 e. The predicted octanol–water partition coefficient (Wildman–Crippen LogP) is 0.530. The average Bonchev–Trinajstić information content (AvgIpc) is 2.27. The third kappa shape index (κ3) is 1.88. The largest absolute Gasteiger partial charge is 0.344 e. The van der Waals surface area contributed by atoms with E-state index in [1.807, 2.05) is 35.2 Å². The molecule has 0 unspecified atom stereocenters. The lowest BCUT2D eigenvalue weighted by atomic mass is 9.73. The van der Waals surface area contributed by atoms with Crippen LogP contribution < -0.4 is 0 Å². The number of nitrogens with zero attached hydrogens (tertiary/aromatic N) is 2. The van der Waals surface area contributed by atoms with Crippen LogP contribution in [0.2, 0.25) is 0 Å². The lowest BCUT2D eigenvalue weighted by molar-refractivity contribution is -0.161. The fraction of sp³-hybridized carbons (Fsp3) is 0.429. The van der Waals surface area contributed by atoms with Crippen molar-refractivity contribution in [2.24, 2.45) is 5.41 Å². The van der Waals surface area contributed by atoms with Crippen molar-refractivity contribution in [3.63, 3.8) is 0 Å². The van der Waals surface area contributed by atoms with Crippen molar-refractivity contribution in [3.05, 3.63) is 35.9 Å². The molecule has 1 aromatic rings. The third-order valence-electron chi connectivity index (χ3n) is 3.83. The number of rotatable bonds is 3. The van der Waals surface area contributed by atoms with Gasteiger partial charge in [-0.2, -0.15) is 0 Å². The first kappa shape index (κ1) is 11.3. The van der Waals surface area contributed by atoms with E-state index >= 15 is 0 Å². The summed E-state index contributed by atoms with van der Waals surface area (Å²) in [6.07, 6.45) is 1.37. The van der Waals surface area contributed by atoms with E-state index in [0.29, 0.717) is 6.42 Å². The molecule has 2 aliphatic heterocycles. The van der Waals surface area contributed by atoms with Gasteiger partial charge in [0.05, 0.1) is 6.42 Å². The first-order valence-electron chi connectivity index (χ1n) is 6.22. The van der Waals surface area contributed by atoms with Gasteiger partial charge < -0.3 is 9.80 Å². The van der Waals surface area contributed by atoms with Crippen LogP contribution in [0.25, 0.3) is 0 Å². The standard InChI is InChI=1S/C14H16N2O2/c17-11-15-7-14(8-15)9-16(10-14)13(18)6-12-4-2-1-3-5-12/h1-5,11H,6-10H2. The van der Waals surface area contributed by atoms with Crippen LogP contribution in [0.15, 0.2) is 30.3 Å². The molecule has 3 rings (SSSR count). The summed E-state index contributed by atoms with van der Waals surface area (Å²) < 4.78 is 0. The molecule has 0 N–H and O–H groups in total. The zero-order valence-electron chi connectivity index (χ0n) is 10.2. The van der Waals surface area contributed by atoms with Crippen molar-refractivity contribution in [1.29, 1.82) is 0 Å². The van der Waals surface area contributed by atoms with Gasteiger partial charge in [0, 0.05) is 31.6 Å². The van der Waals surface area contributed by atoms with E-state index in [2.05, 4.69) is 0 Å². The monoisotopic (exact) mass is 244 g/mol. The Kier molecular flexibility index (Phi) is 2.58. The zero-order valence-corrected chi connectivity index (χ0v) is 10.2. The second kappa shape index (κ2) is 4.12. The van der Waals surface area contributed by atoms with Crippen molar-refractivity contribution in [1.82, 2.24) is 9.80 Å². The van der Waals surface area contributed by atoms with E-state index in [4.69, 9.17) is 0 Å². The fourth-order valence-electron chi connectivity index (χ4n) is 2.91. The average molecular weight is 244 g/mol. The molecule has 4 nitrogen and oxygen atoms in total. The molecule has 1 aromatic carbocycles. The lowest BCUT2D eigenvalue weighted by Crippen LogP contribution is -2.72. The molecule has 0 aromatic heterocycles. The molecule has 2 amide bonds. The summed E-state index contributed by atoms with van der Waals surface area (Å²) >= 11 is 0. The number of carbonyl (C=O) groups excluding carboxylic acids is 2. The third-order valence-corrected chi connectivity index (χ3v) is 3.83. The highest BCUT2D eigenvalue weighted by molar-refractivity contribution is 5.80. The van der Waals surface area contributed by atoms with Crippen molar-refractivity contribution >= 4 is 12.3 Å². The molecule has 0 atom stereocenters. The topological polar surface area (TPSA) is 40.6 Å². The number of carbonyl (C=O) groups is 2. The van der Waals surface area contributed by atoms with E-state index in [1.54, 1.807) is 4.90 Å². The minimum absolute atomic E-state index is 0.191. The summed E-state index contributed by atoms with van der Waals surface area (Å²) in [5.74, 6) is 0.191. The lowest BCUT2D eigenvalue weighted by Gasteiger charge is -2.59. The van der Waals surface area contributed by atoms with Crippen molar-refractivity contribution in [2.75, 3.05) is 26.2 Å². The Hall–Kier alpha value is -1.84. The molecular formula is C14H16N2O2. The van der Waals surface area contributed by atoms with Gasteiger partial charge in [0.1, 0.15) is 0 Å². The SMILES string of the molecule is O=CN1CC2(C1)CN(C(=O)Cc1ccccc1)C2. The van der Waals surface area contributed by atoms with Crippen LogP contribution in [0.3, 0.4) is 0 Å². The van der Waals surface area contributed by atoms with Gasteiger partial charge in [-0.05, 0) is 5.56 Å². The van der Waals surface area contributed by atoms with E-state index in [0.717, 1.165) is 38.2 Å². The molecule has 4 heteroatoms. The number of likely N-dealkylation sites (tertiary alicyclic amines) is 2. The van der Waals surface area contributed by atoms with Crippen LogP contribution in [-0.2, 0) is 16.0 Å². The first-order chi connectivity index (χ1) is 8.71. The van der Waals surface area contributed by atoms with Gasteiger partial charge in [-0.15, -0.1) is 0 Å². The molecule has 2 saturated heterocycles. The molecule has 94 valence electrons. The van der Waals surface area contributed by atoms with Crippen molar-refractivity contribution in [2.45, 2.75) is 6.42 Å². The van der Waals surface area contributed by atoms with Gasteiger partial charge in [-0.3, -0.25) is 9.59 Å². The summed E-state index contributed by atoms with van der Waals surface area (Å²) in [5, 5.41) is 0. The van der Waals surface area contributed by atoms with E-state index in [1.165, 1.54) is 0 Å². The Morgan fingerprint density at radius 2 is 1.83 bits per heavy atom. The van der Waals surface area contributed by atoms with Gasteiger partial charge in [0.25, 0.3) is 0 Å². The van der Waals surface area contributed by atoms with Gasteiger partial charge in [-0.25, -0.2) is 0 Å². The normalized spacial score (nSPS) is 20.2. The summed E-state index contributed by atoms with van der Waals surface area (Å²) in [5.41, 5.74) is 1.28. The highest BCUT2D eigenvalue weighted by Gasteiger charge is 2.52.